The number of β-amino-alcohol motifs (C(OH)–C–C–N with tert-alkyl or cyclic N) is 1. The Hall–Kier alpha value is -9.13. The number of carbonyl (C=O) groups excluding carboxylic acids is 3. The zero-order valence-corrected chi connectivity index (χ0v) is 68.4. The maximum Gasteiger partial charge on any atom is 0.319 e. The lowest BCUT2D eigenvalue weighted by Gasteiger charge is -2.34. The lowest BCUT2D eigenvalue weighted by molar-refractivity contribution is -0.142. The fourth-order valence-corrected chi connectivity index (χ4v) is 13.1. The van der Waals surface area contributed by atoms with Gasteiger partial charge in [0, 0.05) is 245 Å². The summed E-state index contributed by atoms with van der Waals surface area (Å²) in [6.45, 7) is 43.4. The van der Waals surface area contributed by atoms with E-state index in [1.54, 1.807) is 6.92 Å². The average molecular weight is 1560 g/mol. The molecule has 0 spiro atoms. The van der Waals surface area contributed by atoms with Gasteiger partial charge in [-0.1, -0.05) is 69.2 Å². The van der Waals surface area contributed by atoms with Crippen molar-refractivity contribution in [2.75, 3.05) is 233 Å². The van der Waals surface area contributed by atoms with Crippen molar-refractivity contribution in [3.8, 4) is 0 Å². The number of hydrogen-bond acceptors (Lipinski definition) is 30. The Morgan fingerprint density at radius 1 is 0.405 bits per heavy atom. The van der Waals surface area contributed by atoms with Crippen molar-refractivity contribution < 1.29 is 42.5 Å². The van der Waals surface area contributed by atoms with Crippen LogP contribution in [0.2, 0.25) is 0 Å². The number of methoxy groups -OCH3 is 1. The standard InChI is InChI=1S/2C13H20N4O2.C13H20N4O.C13H22N4O.C12H19N5O.C12H20N4O2S/c1-10(2)11-7-14-13(15-8-11)17-5-3-16(4-6-17)9-12(18)19;1-3-11-8-14-13(15-9-11)17-6-4-16(5-7-17)10-12(18)19-2;1-10(2)12-8-14-13(15-9-12)17-6-4-16(5-7-17)11(3)18;1-11(2)12-9-14-13(15-10-12)17-5-3-16(4-6-17)7-8-18;1-2-10-7-14-12(15-8-10)17-5-3-16(4-6-17)9-11(13)18;1-10(2)11-8-13-12(14-9-11)15-4-6-16(7-5-15)19(3,17)18/h7-8,10H,3-6,9H2,1-2H3,(H,18,19);8-9H,3-7,10H2,1-2H3;8-10H,4-7H2,1-3H3;9-11,18H,3-8H2,1-2H3;7-8H,2-6,9H2,1H3,(H2,13,18);8-10H,4-7H2,1-3H3. The molecule has 35 heteroatoms. The molecule has 6 aliphatic rings. The molecule has 12 rings (SSSR count). The summed E-state index contributed by atoms with van der Waals surface area (Å²) in [5.74, 6) is 5.23. The number of hydrogen-bond donors (Lipinski definition) is 3. The zero-order valence-electron chi connectivity index (χ0n) is 67.6. The van der Waals surface area contributed by atoms with Crippen molar-refractivity contribution in [3.63, 3.8) is 0 Å². The van der Waals surface area contributed by atoms with E-state index in [1.807, 2.05) is 89.1 Å². The molecule has 0 saturated carbocycles. The van der Waals surface area contributed by atoms with Crippen molar-refractivity contribution in [2.24, 2.45) is 5.73 Å². The van der Waals surface area contributed by atoms with Gasteiger partial charge in [0.1, 0.15) is 0 Å². The van der Waals surface area contributed by atoms with Crippen molar-refractivity contribution in [2.45, 2.75) is 113 Å². The molecule has 0 aliphatic carbocycles. The van der Waals surface area contributed by atoms with E-state index in [0.717, 1.165) is 208 Å². The number of primary amides is 1. The number of nitrogens with two attached hydrogens (primary N) is 1. The van der Waals surface area contributed by atoms with E-state index >= 15 is 0 Å². The van der Waals surface area contributed by atoms with Gasteiger partial charge in [0.2, 0.25) is 57.5 Å². The number of aliphatic carboxylic acids is 1. The summed E-state index contributed by atoms with van der Waals surface area (Å²) >= 11 is 0. The van der Waals surface area contributed by atoms with Gasteiger partial charge >= 0.3 is 11.9 Å². The Bertz CT molecular complexity index is 3810. The van der Waals surface area contributed by atoms with E-state index in [4.69, 9.17) is 15.9 Å². The third kappa shape index (κ3) is 29.8. The molecule has 0 aromatic carbocycles. The van der Waals surface area contributed by atoms with Crippen LogP contribution in [-0.4, -0.2) is 334 Å². The normalized spacial score (nSPS) is 17.0. The monoisotopic (exact) mass is 1560 g/mol. The molecule has 6 aliphatic heterocycles. The summed E-state index contributed by atoms with van der Waals surface area (Å²) in [6, 6.07) is 0. The maximum atomic E-state index is 11.4. The van der Waals surface area contributed by atoms with E-state index < -0.39 is 16.0 Å². The van der Waals surface area contributed by atoms with Crippen LogP contribution in [-0.2, 0) is 46.8 Å². The fourth-order valence-electron chi connectivity index (χ4n) is 12.3. The highest BCUT2D eigenvalue weighted by atomic mass is 32.2. The number of nitrogens with zero attached hydrogens (tertiary/aromatic N) is 24. The summed E-state index contributed by atoms with van der Waals surface area (Å²) in [7, 11) is -1.67. The molecule has 2 amide bonds. The topological polar surface area (TPSA) is 372 Å². The van der Waals surface area contributed by atoms with Gasteiger partial charge in [0.05, 0.1) is 39.6 Å². The molecule has 610 valence electrons. The van der Waals surface area contributed by atoms with Gasteiger partial charge in [-0.25, -0.2) is 68.2 Å². The first kappa shape index (κ1) is 89.1. The Morgan fingerprint density at radius 3 is 0.892 bits per heavy atom. The molecule has 0 radical (unpaired) electrons. The van der Waals surface area contributed by atoms with Crippen molar-refractivity contribution in [3.05, 3.63) is 108 Å². The SMILES string of the molecule is CC(=O)N1CCN(c2ncc(C(C)C)cn2)CC1.CC(C)c1cnc(N2CCN(CC(=O)O)CC2)nc1.CC(C)c1cnc(N2CCN(CCO)CC2)nc1.CC(C)c1cnc(N2CCN(S(C)(=O)=O)CC2)nc1.CCc1cnc(N2CCN(CC(=O)OC)CC2)nc1.CCc1cnc(N2CCN(CC(N)=O)CC2)nc1. The predicted octanol–water partition coefficient (Wildman–Crippen LogP) is 3.45. The van der Waals surface area contributed by atoms with Crippen LogP contribution in [0.5, 0.6) is 0 Å². The molecule has 0 atom stereocenters. The number of carbonyl (C=O) groups is 4. The number of aromatic nitrogens is 12. The smallest absolute Gasteiger partial charge is 0.319 e. The number of aliphatic hydroxyl groups is 1. The largest absolute Gasteiger partial charge is 0.480 e. The molecule has 0 bridgehead atoms. The van der Waals surface area contributed by atoms with Gasteiger partial charge in [0.15, 0.2) is 0 Å². The summed E-state index contributed by atoms with van der Waals surface area (Å²) in [4.78, 5) is 120. The third-order valence-electron chi connectivity index (χ3n) is 19.9. The molecule has 4 N–H and O–H groups in total. The Morgan fingerprint density at radius 2 is 0.658 bits per heavy atom. The van der Waals surface area contributed by atoms with Crippen molar-refractivity contribution in [1.29, 1.82) is 0 Å². The molecule has 6 aromatic heterocycles. The zero-order chi connectivity index (χ0) is 80.6. The number of esters is 1. The molecule has 6 aromatic rings. The highest BCUT2D eigenvalue weighted by molar-refractivity contribution is 7.88. The number of amides is 2. The first-order valence-corrected chi connectivity index (χ1v) is 40.7. The Kier molecular flexibility index (Phi) is 36.4. The molecule has 12 heterocycles. The summed E-state index contributed by atoms with van der Waals surface area (Å²) in [5.41, 5.74) is 12.0. The quantitative estimate of drug-likeness (QED) is 0.0869. The first-order valence-electron chi connectivity index (χ1n) is 38.8. The second kappa shape index (κ2) is 45.4. The van der Waals surface area contributed by atoms with Gasteiger partial charge in [-0.2, -0.15) is 4.31 Å². The number of sulfonamides is 1. The lowest BCUT2D eigenvalue weighted by Crippen LogP contribution is -2.49. The number of aliphatic hydroxyl groups excluding tert-OH is 1. The van der Waals surface area contributed by atoms with Crippen LogP contribution in [0.4, 0.5) is 35.7 Å². The minimum Gasteiger partial charge on any atom is -0.480 e. The number of anilines is 6. The molecular formula is C76H121N25O9S. The van der Waals surface area contributed by atoms with Gasteiger partial charge < -0.3 is 55.0 Å². The van der Waals surface area contributed by atoms with E-state index in [0.29, 0.717) is 68.9 Å². The van der Waals surface area contributed by atoms with Crippen LogP contribution in [0.25, 0.3) is 0 Å². The Labute approximate surface area is 656 Å². The number of carboxylic acid groups (broad SMARTS) is 1. The highest BCUT2D eigenvalue weighted by Crippen LogP contribution is 2.22. The fraction of sp³-hybridized carbons (Fsp3) is 0.632. The van der Waals surface area contributed by atoms with Gasteiger partial charge in [-0.3, -0.25) is 38.8 Å². The second-order valence-electron chi connectivity index (χ2n) is 29.3. The molecule has 6 saturated heterocycles. The van der Waals surface area contributed by atoms with E-state index in [2.05, 4.69) is 173 Å². The second-order valence-corrected chi connectivity index (χ2v) is 31.3. The molecule has 34 nitrogen and oxygen atoms in total. The molecule has 6 fully saturated rings. The summed E-state index contributed by atoms with van der Waals surface area (Å²) in [5, 5.41) is 17.7. The van der Waals surface area contributed by atoms with E-state index in [1.165, 1.54) is 23.2 Å². The third-order valence-corrected chi connectivity index (χ3v) is 21.2. The van der Waals surface area contributed by atoms with Crippen LogP contribution in [0.15, 0.2) is 74.4 Å². The molecular weight excluding hydrogens is 1440 g/mol. The van der Waals surface area contributed by atoms with Gasteiger partial charge in [-0.15, -0.1) is 0 Å². The lowest BCUT2D eigenvalue weighted by atomic mass is 10.1. The van der Waals surface area contributed by atoms with E-state index in [9.17, 15) is 27.6 Å². The minimum atomic E-state index is -3.08. The summed E-state index contributed by atoms with van der Waals surface area (Å²) in [6.07, 6.45) is 25.7. The predicted molar refractivity (Wildman–Crippen MR) is 431 cm³/mol. The van der Waals surface area contributed by atoms with Crippen LogP contribution in [0, 0.1) is 0 Å². The maximum absolute atomic E-state index is 11.4. The minimum absolute atomic E-state index is 0.112. The average Bonchev–Trinajstić information content (AvgIpc) is 0.845. The van der Waals surface area contributed by atoms with Crippen LogP contribution >= 0.6 is 0 Å². The number of carboxylic acids is 1. The molecule has 111 heavy (non-hydrogen) atoms. The van der Waals surface area contributed by atoms with Crippen molar-refractivity contribution >= 4 is 69.5 Å². The van der Waals surface area contributed by atoms with E-state index in [-0.39, 0.29) is 30.9 Å². The number of rotatable bonds is 21. The van der Waals surface area contributed by atoms with Crippen LogP contribution in [0.1, 0.15) is 133 Å². The van der Waals surface area contributed by atoms with Crippen LogP contribution < -0.4 is 35.1 Å². The Balaban J connectivity index is 0.000000185. The highest BCUT2D eigenvalue weighted by Gasteiger charge is 2.28. The van der Waals surface area contributed by atoms with Gasteiger partial charge in [-0.05, 0) is 69.9 Å². The first-order chi connectivity index (χ1) is 53.1. The number of ether oxygens (including phenoxy) is 1. The van der Waals surface area contributed by atoms with Crippen molar-refractivity contribution in [1.82, 2.24) is 88.6 Å². The van der Waals surface area contributed by atoms with Crippen LogP contribution in [0.3, 0.4) is 0 Å². The summed E-state index contributed by atoms with van der Waals surface area (Å²) < 4.78 is 29.0. The van der Waals surface area contributed by atoms with Gasteiger partial charge in [0.25, 0.3) is 0 Å². The number of piperazine rings is 6. The molecule has 0 unspecified atom stereocenters. The number of aryl methyl sites for hydroxylation is 2.